The van der Waals surface area contributed by atoms with E-state index in [0.29, 0.717) is 12.8 Å². The summed E-state index contributed by atoms with van der Waals surface area (Å²) in [5.41, 5.74) is -6.61. The fourth-order valence-corrected chi connectivity index (χ4v) is 3.19. The Morgan fingerprint density at radius 1 is 1.07 bits per heavy atom. The number of rotatable bonds is 4. The number of hydrogen-bond donors (Lipinski definition) is 0. The smallest absolute Gasteiger partial charge is 0.472 e. The van der Waals surface area contributed by atoms with Crippen molar-refractivity contribution in [3.05, 3.63) is 12.1 Å². The number of anilines is 1. The van der Waals surface area contributed by atoms with Crippen molar-refractivity contribution < 1.29 is 43.7 Å². The van der Waals surface area contributed by atoms with Gasteiger partial charge < -0.3 is 13.8 Å². The zero-order chi connectivity index (χ0) is 22.3. The molecule has 0 radical (unpaired) electrons. The minimum Gasteiger partial charge on any atom is -0.472 e. The highest BCUT2D eigenvalue weighted by molar-refractivity contribution is 7.88. The monoisotopic (exact) mass is 450 g/mol. The van der Waals surface area contributed by atoms with Crippen LogP contribution in [-0.2, 0) is 10.1 Å². The van der Waals surface area contributed by atoms with Gasteiger partial charge in [0.2, 0.25) is 5.88 Å². The Kier molecular flexibility index (Phi) is 6.22. The van der Waals surface area contributed by atoms with E-state index in [-0.39, 0.29) is 24.7 Å². The van der Waals surface area contributed by atoms with Crippen LogP contribution in [0.1, 0.15) is 40.0 Å². The SMILES string of the molecule is CC(C)(C)Oc1cc(OS(=O)(=O)C(F)(F)F)cc(N2CCCC[C@@H]2C(F)(F)F)n1. The van der Waals surface area contributed by atoms with Gasteiger partial charge in [0, 0.05) is 18.7 Å². The summed E-state index contributed by atoms with van der Waals surface area (Å²) >= 11 is 0. The molecule has 29 heavy (non-hydrogen) atoms. The molecule has 166 valence electrons. The molecule has 0 N–H and O–H groups in total. The Bertz CT molecular complexity index is 833. The van der Waals surface area contributed by atoms with E-state index >= 15 is 0 Å². The summed E-state index contributed by atoms with van der Waals surface area (Å²) in [6, 6.07) is -0.409. The lowest BCUT2D eigenvalue weighted by Gasteiger charge is -2.37. The Labute approximate surface area is 163 Å². The highest BCUT2D eigenvalue weighted by atomic mass is 32.2. The van der Waals surface area contributed by atoms with Gasteiger partial charge in [-0.2, -0.15) is 39.7 Å². The molecule has 1 fully saturated rings. The first-order valence-corrected chi connectivity index (χ1v) is 9.96. The molecule has 1 atom stereocenters. The normalized spacial score (nSPS) is 19.2. The third-order valence-electron chi connectivity index (χ3n) is 3.84. The first kappa shape index (κ1) is 23.4. The molecule has 1 saturated heterocycles. The molecule has 0 unspecified atom stereocenters. The van der Waals surface area contributed by atoms with Crippen LogP contribution >= 0.6 is 0 Å². The van der Waals surface area contributed by atoms with E-state index in [1.54, 1.807) is 20.8 Å². The van der Waals surface area contributed by atoms with E-state index in [2.05, 4.69) is 9.17 Å². The van der Waals surface area contributed by atoms with Gasteiger partial charge >= 0.3 is 21.8 Å². The van der Waals surface area contributed by atoms with Crippen LogP contribution in [0.4, 0.5) is 32.2 Å². The zero-order valence-corrected chi connectivity index (χ0v) is 16.6. The summed E-state index contributed by atoms with van der Waals surface area (Å²) in [5, 5.41) is 0. The van der Waals surface area contributed by atoms with Crippen LogP contribution in [0.5, 0.6) is 11.6 Å². The first-order chi connectivity index (χ1) is 13.0. The molecule has 6 nitrogen and oxygen atoms in total. The van der Waals surface area contributed by atoms with E-state index in [1.165, 1.54) is 0 Å². The number of nitrogens with zero attached hydrogens (tertiary/aromatic N) is 2. The molecule has 0 spiro atoms. The molecule has 1 aromatic rings. The molecule has 2 rings (SSSR count). The second kappa shape index (κ2) is 7.73. The maximum atomic E-state index is 13.4. The quantitative estimate of drug-likeness (QED) is 0.385. The molecule has 0 saturated carbocycles. The van der Waals surface area contributed by atoms with Crippen molar-refractivity contribution >= 4 is 15.9 Å². The summed E-state index contributed by atoms with van der Waals surface area (Å²) in [7, 11) is -6.02. The summed E-state index contributed by atoms with van der Waals surface area (Å²) in [4.78, 5) is 4.81. The van der Waals surface area contributed by atoms with Crippen molar-refractivity contribution in [2.24, 2.45) is 0 Å². The van der Waals surface area contributed by atoms with E-state index in [1.807, 2.05) is 0 Å². The molecule has 0 bridgehead atoms. The number of halogens is 6. The standard InChI is InChI=1S/C16H20F6N2O4S/c1-14(2,3)27-13-9-10(28-29(25,26)16(20,21)22)8-12(23-13)24-7-5-4-6-11(24)15(17,18)19/h8-9,11H,4-7H2,1-3H3/t11-/m1/s1. The number of alkyl halides is 6. The number of piperidine rings is 1. The Hall–Kier alpha value is -1.92. The average molecular weight is 450 g/mol. The van der Waals surface area contributed by atoms with Crippen LogP contribution in [0.2, 0.25) is 0 Å². The maximum absolute atomic E-state index is 13.4. The van der Waals surface area contributed by atoms with Gasteiger partial charge in [0.15, 0.2) is 5.75 Å². The first-order valence-electron chi connectivity index (χ1n) is 8.55. The van der Waals surface area contributed by atoms with Gasteiger partial charge in [-0.3, -0.25) is 0 Å². The lowest BCUT2D eigenvalue weighted by molar-refractivity contribution is -0.152. The molecule has 1 aliphatic rings. The second-order valence-electron chi connectivity index (χ2n) is 7.44. The second-order valence-corrected chi connectivity index (χ2v) is 8.98. The van der Waals surface area contributed by atoms with Gasteiger partial charge in [0.1, 0.15) is 17.5 Å². The van der Waals surface area contributed by atoms with Gasteiger partial charge in [0.05, 0.1) is 0 Å². The van der Waals surface area contributed by atoms with Crippen LogP contribution in [-0.4, -0.2) is 43.3 Å². The van der Waals surface area contributed by atoms with Gasteiger partial charge in [-0.25, -0.2) is 0 Å². The van der Waals surface area contributed by atoms with Crippen LogP contribution in [0.15, 0.2) is 12.1 Å². The van der Waals surface area contributed by atoms with Crippen molar-refractivity contribution in [1.29, 1.82) is 0 Å². The van der Waals surface area contributed by atoms with Gasteiger partial charge in [0.25, 0.3) is 0 Å². The van der Waals surface area contributed by atoms with Crippen molar-refractivity contribution in [2.75, 3.05) is 11.4 Å². The molecule has 0 aromatic carbocycles. The third kappa shape index (κ3) is 6.03. The van der Waals surface area contributed by atoms with E-state index < -0.39 is 39.2 Å². The van der Waals surface area contributed by atoms with Gasteiger partial charge in [-0.1, -0.05) is 0 Å². The summed E-state index contributed by atoms with van der Waals surface area (Å²) in [6.07, 6.45) is -4.13. The lowest BCUT2D eigenvalue weighted by atomic mass is 10.0. The van der Waals surface area contributed by atoms with E-state index in [0.717, 1.165) is 17.0 Å². The fraction of sp³-hybridized carbons (Fsp3) is 0.688. The highest BCUT2D eigenvalue weighted by Crippen LogP contribution is 2.37. The van der Waals surface area contributed by atoms with Crippen molar-refractivity contribution in [1.82, 2.24) is 4.98 Å². The summed E-state index contributed by atoms with van der Waals surface area (Å²) < 4.78 is 110. The molecular formula is C16H20F6N2O4S. The minimum absolute atomic E-state index is 0.0678. The van der Waals surface area contributed by atoms with E-state index in [4.69, 9.17) is 4.74 Å². The lowest BCUT2D eigenvalue weighted by Crippen LogP contribution is -2.49. The van der Waals surface area contributed by atoms with Crippen molar-refractivity contribution in [2.45, 2.75) is 63.4 Å². The molecule has 2 heterocycles. The Balaban J connectivity index is 2.52. The molecule has 0 aliphatic carbocycles. The molecule has 1 aromatic heterocycles. The predicted octanol–water partition coefficient (Wildman–Crippen LogP) is 4.41. The van der Waals surface area contributed by atoms with Crippen LogP contribution in [0, 0.1) is 0 Å². The Morgan fingerprint density at radius 2 is 1.69 bits per heavy atom. The molecule has 1 aliphatic heterocycles. The van der Waals surface area contributed by atoms with Crippen LogP contribution in [0.3, 0.4) is 0 Å². The topological polar surface area (TPSA) is 68.7 Å². The van der Waals surface area contributed by atoms with Crippen LogP contribution < -0.4 is 13.8 Å². The Morgan fingerprint density at radius 3 is 2.21 bits per heavy atom. The number of ether oxygens (including phenoxy) is 1. The zero-order valence-electron chi connectivity index (χ0n) is 15.8. The highest BCUT2D eigenvalue weighted by Gasteiger charge is 2.49. The molecule has 0 amide bonds. The maximum Gasteiger partial charge on any atom is 0.534 e. The fourth-order valence-electron chi connectivity index (χ4n) is 2.75. The minimum atomic E-state index is -6.02. The number of pyridine rings is 1. The van der Waals surface area contributed by atoms with E-state index in [9.17, 15) is 34.8 Å². The summed E-state index contributed by atoms with van der Waals surface area (Å²) in [5.74, 6) is -1.60. The van der Waals surface area contributed by atoms with Crippen LogP contribution in [0.25, 0.3) is 0 Å². The largest absolute Gasteiger partial charge is 0.534 e. The average Bonchev–Trinajstić information content (AvgIpc) is 2.50. The number of hydrogen-bond acceptors (Lipinski definition) is 6. The third-order valence-corrected chi connectivity index (χ3v) is 4.82. The van der Waals surface area contributed by atoms with Crippen molar-refractivity contribution in [3.63, 3.8) is 0 Å². The van der Waals surface area contributed by atoms with Gasteiger partial charge in [-0.15, -0.1) is 0 Å². The number of aromatic nitrogens is 1. The predicted molar refractivity (Wildman–Crippen MR) is 91.3 cm³/mol. The molecular weight excluding hydrogens is 430 g/mol. The summed E-state index contributed by atoms with van der Waals surface area (Å²) in [6.45, 7) is 4.66. The van der Waals surface area contributed by atoms with Crippen molar-refractivity contribution in [3.8, 4) is 11.6 Å². The van der Waals surface area contributed by atoms with Gasteiger partial charge in [-0.05, 0) is 40.0 Å². The molecule has 13 heteroatoms.